The van der Waals surface area contributed by atoms with Crippen molar-refractivity contribution in [1.82, 2.24) is 23.9 Å². The summed E-state index contributed by atoms with van der Waals surface area (Å²) in [6, 6.07) is 3.93. The number of rotatable bonds is 3. The van der Waals surface area contributed by atoms with Gasteiger partial charge in [0.05, 0.1) is 18.2 Å². The predicted octanol–water partition coefficient (Wildman–Crippen LogP) is 0.651. The molecular formula is C22H29N5O3. The van der Waals surface area contributed by atoms with Crippen molar-refractivity contribution in [2.45, 2.75) is 37.8 Å². The zero-order valence-corrected chi connectivity index (χ0v) is 17.4. The summed E-state index contributed by atoms with van der Waals surface area (Å²) in [6.45, 7) is 4.03. The molecule has 8 nitrogen and oxygen atoms in total. The summed E-state index contributed by atoms with van der Waals surface area (Å²) in [4.78, 5) is 34.6. The molecule has 0 aromatic carbocycles. The van der Waals surface area contributed by atoms with Crippen LogP contribution in [0.15, 0.2) is 29.3 Å². The molecule has 1 amide bonds. The van der Waals surface area contributed by atoms with Crippen molar-refractivity contribution < 1.29 is 9.90 Å². The van der Waals surface area contributed by atoms with E-state index in [1.165, 1.54) is 0 Å². The average Bonchev–Trinajstić information content (AvgIpc) is 3.16. The number of hydrogen-bond acceptors (Lipinski definition) is 5. The lowest BCUT2D eigenvalue weighted by Gasteiger charge is -2.43. The fourth-order valence-corrected chi connectivity index (χ4v) is 5.31. The standard InChI is InChI=1S/C22H29N5O3/c1-24-9-6-23-21(24)18-2-3-19-16-10-15(12-27(19)22(18)30)11-26(13-16)20(29)14-25-7-4-17(28)5-8-25/h2-3,6,9,15-17,28H,4-5,7-8,10-14H2,1H3/t15-,16+/m0/s1. The summed E-state index contributed by atoms with van der Waals surface area (Å²) in [7, 11) is 1.90. The summed E-state index contributed by atoms with van der Waals surface area (Å²) in [5.41, 5.74) is 1.68. The van der Waals surface area contributed by atoms with Crippen LogP contribution in [-0.4, -0.2) is 73.8 Å². The van der Waals surface area contributed by atoms with Gasteiger partial charge < -0.3 is 19.1 Å². The van der Waals surface area contributed by atoms with Crippen molar-refractivity contribution in [3.05, 3.63) is 40.6 Å². The second-order valence-corrected chi connectivity index (χ2v) is 9.05. The van der Waals surface area contributed by atoms with Gasteiger partial charge in [-0.2, -0.15) is 0 Å². The molecule has 2 aromatic heterocycles. The molecule has 0 spiro atoms. The van der Waals surface area contributed by atoms with E-state index in [0.29, 0.717) is 43.5 Å². The molecule has 8 heteroatoms. The molecule has 0 unspecified atom stereocenters. The number of aryl methyl sites for hydroxylation is 1. The van der Waals surface area contributed by atoms with Gasteiger partial charge in [0.2, 0.25) is 5.91 Å². The normalized spacial score (nSPS) is 24.7. The monoisotopic (exact) mass is 411 g/mol. The number of nitrogens with zero attached hydrogens (tertiary/aromatic N) is 5. The summed E-state index contributed by atoms with van der Waals surface area (Å²) < 4.78 is 3.78. The van der Waals surface area contributed by atoms with E-state index in [-0.39, 0.29) is 23.5 Å². The summed E-state index contributed by atoms with van der Waals surface area (Å²) >= 11 is 0. The van der Waals surface area contributed by atoms with Crippen molar-refractivity contribution in [3.63, 3.8) is 0 Å². The molecule has 3 aliphatic heterocycles. The first-order valence-electron chi connectivity index (χ1n) is 10.9. The van der Waals surface area contributed by atoms with E-state index in [9.17, 15) is 14.7 Å². The molecule has 2 fully saturated rings. The smallest absolute Gasteiger partial charge is 0.261 e. The Morgan fingerprint density at radius 2 is 2.00 bits per heavy atom. The van der Waals surface area contributed by atoms with Crippen LogP contribution in [0.4, 0.5) is 0 Å². The largest absolute Gasteiger partial charge is 0.393 e. The third-order valence-corrected chi connectivity index (χ3v) is 6.94. The van der Waals surface area contributed by atoms with Crippen LogP contribution in [-0.2, 0) is 18.4 Å². The van der Waals surface area contributed by atoms with Gasteiger partial charge in [0.15, 0.2) is 0 Å². The Kier molecular flexibility index (Phi) is 4.99. The number of likely N-dealkylation sites (tertiary alicyclic amines) is 2. The van der Waals surface area contributed by atoms with E-state index >= 15 is 0 Å². The minimum Gasteiger partial charge on any atom is -0.393 e. The van der Waals surface area contributed by atoms with Crippen molar-refractivity contribution in [1.29, 1.82) is 0 Å². The first-order valence-corrected chi connectivity index (χ1v) is 10.9. The second-order valence-electron chi connectivity index (χ2n) is 9.05. The van der Waals surface area contributed by atoms with E-state index < -0.39 is 0 Å². The van der Waals surface area contributed by atoms with Gasteiger partial charge in [-0.05, 0) is 37.3 Å². The van der Waals surface area contributed by atoms with Gasteiger partial charge in [0.25, 0.3) is 5.56 Å². The van der Waals surface area contributed by atoms with Gasteiger partial charge in [-0.3, -0.25) is 14.5 Å². The maximum absolute atomic E-state index is 13.2. The van der Waals surface area contributed by atoms with Gasteiger partial charge in [-0.15, -0.1) is 0 Å². The van der Waals surface area contributed by atoms with E-state index in [1.807, 2.05) is 39.4 Å². The molecule has 2 saturated heterocycles. The van der Waals surface area contributed by atoms with Crippen molar-refractivity contribution in [2.24, 2.45) is 13.0 Å². The minimum atomic E-state index is -0.226. The molecule has 0 saturated carbocycles. The van der Waals surface area contributed by atoms with Crippen molar-refractivity contribution in [2.75, 3.05) is 32.7 Å². The molecule has 2 bridgehead atoms. The lowest BCUT2D eigenvalue weighted by Crippen LogP contribution is -2.52. The number of hydrogen-bond donors (Lipinski definition) is 1. The maximum Gasteiger partial charge on any atom is 0.261 e. The van der Waals surface area contributed by atoms with Crippen LogP contribution in [0.1, 0.15) is 30.9 Å². The van der Waals surface area contributed by atoms with Crippen LogP contribution in [0.25, 0.3) is 11.4 Å². The third-order valence-electron chi connectivity index (χ3n) is 6.94. The van der Waals surface area contributed by atoms with E-state index in [1.54, 1.807) is 6.20 Å². The van der Waals surface area contributed by atoms with Crippen LogP contribution in [0.5, 0.6) is 0 Å². The number of aliphatic hydroxyl groups is 1. The van der Waals surface area contributed by atoms with Crippen molar-refractivity contribution in [3.8, 4) is 11.4 Å². The molecular weight excluding hydrogens is 382 g/mol. The lowest BCUT2D eigenvalue weighted by atomic mass is 9.83. The quantitative estimate of drug-likeness (QED) is 0.802. The molecule has 2 atom stereocenters. The number of aromatic nitrogens is 3. The van der Waals surface area contributed by atoms with Crippen molar-refractivity contribution >= 4 is 5.91 Å². The number of aliphatic hydroxyl groups excluding tert-OH is 1. The van der Waals surface area contributed by atoms with E-state index in [2.05, 4.69) is 9.88 Å². The first-order chi connectivity index (χ1) is 14.5. The average molecular weight is 412 g/mol. The van der Waals surface area contributed by atoms with Gasteiger partial charge >= 0.3 is 0 Å². The highest BCUT2D eigenvalue weighted by Gasteiger charge is 2.37. The molecule has 3 aliphatic rings. The van der Waals surface area contributed by atoms with Crippen LogP contribution in [0.2, 0.25) is 0 Å². The number of carbonyl (C=O) groups excluding carboxylic acids is 1. The number of fused-ring (bicyclic) bond motifs is 4. The molecule has 1 N–H and O–H groups in total. The molecule has 0 radical (unpaired) electrons. The van der Waals surface area contributed by atoms with E-state index in [0.717, 1.165) is 38.0 Å². The lowest BCUT2D eigenvalue weighted by molar-refractivity contribution is -0.135. The topological polar surface area (TPSA) is 83.6 Å². The minimum absolute atomic E-state index is 0.0168. The van der Waals surface area contributed by atoms with Crippen LogP contribution in [0, 0.1) is 5.92 Å². The number of pyridine rings is 1. The maximum atomic E-state index is 13.2. The predicted molar refractivity (Wildman–Crippen MR) is 112 cm³/mol. The number of imidazole rings is 1. The van der Waals surface area contributed by atoms with E-state index in [4.69, 9.17) is 0 Å². The second kappa shape index (κ2) is 7.67. The molecule has 30 heavy (non-hydrogen) atoms. The number of amides is 1. The highest BCUT2D eigenvalue weighted by atomic mass is 16.3. The molecule has 5 heterocycles. The van der Waals surface area contributed by atoms with Gasteiger partial charge in [-0.1, -0.05) is 0 Å². The molecule has 5 rings (SSSR count). The Morgan fingerprint density at radius 1 is 1.20 bits per heavy atom. The Hall–Kier alpha value is -2.45. The zero-order chi connectivity index (χ0) is 20.8. The van der Waals surface area contributed by atoms with Crippen LogP contribution >= 0.6 is 0 Å². The zero-order valence-electron chi connectivity index (χ0n) is 17.4. The summed E-state index contributed by atoms with van der Waals surface area (Å²) in [5, 5.41) is 9.67. The van der Waals surface area contributed by atoms with Crippen LogP contribution < -0.4 is 5.56 Å². The molecule has 160 valence electrons. The molecule has 2 aromatic rings. The first kappa shape index (κ1) is 19.5. The fourth-order valence-electron chi connectivity index (χ4n) is 5.31. The van der Waals surface area contributed by atoms with Gasteiger partial charge in [0.1, 0.15) is 5.82 Å². The number of carbonyl (C=O) groups is 1. The highest BCUT2D eigenvalue weighted by molar-refractivity contribution is 5.78. The summed E-state index contributed by atoms with van der Waals surface area (Å²) in [5.74, 6) is 1.36. The van der Waals surface area contributed by atoms with Crippen LogP contribution in [0.3, 0.4) is 0 Å². The fraction of sp³-hybridized carbons (Fsp3) is 0.591. The molecule has 0 aliphatic carbocycles. The Labute approximate surface area is 175 Å². The Balaban J connectivity index is 1.34. The SMILES string of the molecule is Cn1ccnc1-c1ccc2n(c1=O)C[C@H]1C[C@@H]2CN(C(=O)CN2CCC(O)CC2)C1. The number of piperidine rings is 2. The van der Waals surface area contributed by atoms with Gasteiger partial charge in [0, 0.05) is 63.8 Å². The summed E-state index contributed by atoms with van der Waals surface area (Å²) in [6.07, 6.45) is 5.85. The Bertz CT molecular complexity index is 1000. The Morgan fingerprint density at radius 3 is 2.73 bits per heavy atom. The third kappa shape index (κ3) is 3.48. The highest BCUT2D eigenvalue weighted by Crippen LogP contribution is 2.35. The van der Waals surface area contributed by atoms with Gasteiger partial charge in [-0.25, -0.2) is 4.98 Å².